The van der Waals surface area contributed by atoms with Crippen LogP contribution < -0.4 is 5.69 Å². The highest BCUT2D eigenvalue weighted by Crippen LogP contribution is 2.21. The van der Waals surface area contributed by atoms with Crippen LogP contribution in [0.25, 0.3) is 16.9 Å². The lowest BCUT2D eigenvalue weighted by atomic mass is 10.2. The summed E-state index contributed by atoms with van der Waals surface area (Å²) in [5.74, 6) is 0. The van der Waals surface area contributed by atoms with Crippen LogP contribution >= 0.6 is 15.9 Å². The SMILES string of the molecule is O=C(O)N1CCOCC1Cn1c(=O)n(-c2ccccc2)c2ncc(Br)cc21. The maximum Gasteiger partial charge on any atom is 0.407 e. The largest absolute Gasteiger partial charge is 0.465 e. The number of hydrogen-bond donors (Lipinski definition) is 1. The zero-order chi connectivity index (χ0) is 19.0. The quantitative estimate of drug-likeness (QED) is 0.685. The number of aromatic nitrogens is 3. The van der Waals surface area contributed by atoms with Crippen LogP contribution in [0.4, 0.5) is 4.79 Å². The molecule has 1 saturated heterocycles. The number of fused-ring (bicyclic) bond motifs is 1. The molecule has 0 aliphatic carbocycles. The summed E-state index contributed by atoms with van der Waals surface area (Å²) in [6.45, 7) is 1.09. The van der Waals surface area contributed by atoms with Crippen LogP contribution in [0.2, 0.25) is 0 Å². The fourth-order valence-electron chi connectivity index (χ4n) is 3.36. The number of amides is 1. The van der Waals surface area contributed by atoms with Gasteiger partial charge in [0.15, 0.2) is 5.65 Å². The molecule has 9 heteroatoms. The van der Waals surface area contributed by atoms with Crippen LogP contribution in [0.3, 0.4) is 0 Å². The van der Waals surface area contributed by atoms with Gasteiger partial charge in [-0.25, -0.2) is 19.1 Å². The standard InChI is InChI=1S/C18H17BrN4O4/c19-12-8-15-16(20-9-12)23(13-4-2-1-3-5-13)17(24)22(15)10-14-11-27-7-6-21(14)18(25)26/h1-5,8-9,14H,6-7,10-11H2,(H,25,26). The molecule has 27 heavy (non-hydrogen) atoms. The summed E-state index contributed by atoms with van der Waals surface area (Å²) < 4.78 is 9.29. The summed E-state index contributed by atoms with van der Waals surface area (Å²) in [7, 11) is 0. The van der Waals surface area contributed by atoms with E-state index in [1.54, 1.807) is 10.8 Å². The minimum absolute atomic E-state index is 0.194. The molecular weight excluding hydrogens is 416 g/mol. The Morgan fingerprint density at radius 3 is 2.85 bits per heavy atom. The van der Waals surface area contributed by atoms with E-state index in [1.807, 2.05) is 36.4 Å². The fourth-order valence-corrected chi connectivity index (χ4v) is 3.68. The zero-order valence-corrected chi connectivity index (χ0v) is 15.9. The van der Waals surface area contributed by atoms with E-state index in [9.17, 15) is 14.7 Å². The smallest absolute Gasteiger partial charge is 0.407 e. The minimum Gasteiger partial charge on any atom is -0.465 e. The highest BCUT2D eigenvalue weighted by Gasteiger charge is 2.29. The van der Waals surface area contributed by atoms with Gasteiger partial charge in [0.05, 0.1) is 37.0 Å². The van der Waals surface area contributed by atoms with Crippen molar-refractivity contribution in [2.75, 3.05) is 19.8 Å². The average Bonchev–Trinajstić information content (AvgIpc) is 2.94. The third kappa shape index (κ3) is 3.24. The Morgan fingerprint density at radius 2 is 2.11 bits per heavy atom. The predicted octanol–water partition coefficient (Wildman–Crippen LogP) is 2.33. The first-order valence-corrected chi connectivity index (χ1v) is 9.25. The van der Waals surface area contributed by atoms with Crippen molar-refractivity contribution in [2.45, 2.75) is 12.6 Å². The van der Waals surface area contributed by atoms with Crippen LogP contribution in [-0.2, 0) is 11.3 Å². The third-order valence-corrected chi connectivity index (χ3v) is 5.05. The molecule has 2 aromatic heterocycles. The molecule has 1 atom stereocenters. The van der Waals surface area contributed by atoms with Gasteiger partial charge in [-0.2, -0.15) is 0 Å². The monoisotopic (exact) mass is 432 g/mol. The Kier molecular flexibility index (Phi) is 4.71. The number of pyridine rings is 1. The first-order valence-electron chi connectivity index (χ1n) is 8.46. The molecule has 1 fully saturated rings. The number of morpholine rings is 1. The van der Waals surface area contributed by atoms with E-state index >= 15 is 0 Å². The molecule has 3 heterocycles. The van der Waals surface area contributed by atoms with Gasteiger partial charge in [0.25, 0.3) is 0 Å². The third-order valence-electron chi connectivity index (χ3n) is 4.62. The molecule has 1 aliphatic rings. The number of hydrogen-bond acceptors (Lipinski definition) is 4. The van der Waals surface area contributed by atoms with Crippen LogP contribution in [0.5, 0.6) is 0 Å². The lowest BCUT2D eigenvalue weighted by molar-refractivity contribution is -0.00537. The number of benzene rings is 1. The molecule has 0 radical (unpaired) electrons. The molecule has 0 bridgehead atoms. The zero-order valence-electron chi connectivity index (χ0n) is 14.3. The van der Waals surface area contributed by atoms with Crippen LogP contribution in [-0.4, -0.2) is 56.0 Å². The number of carbonyl (C=O) groups is 1. The van der Waals surface area contributed by atoms with E-state index in [4.69, 9.17) is 4.74 Å². The second kappa shape index (κ2) is 7.16. The lowest BCUT2D eigenvalue weighted by Crippen LogP contribution is -2.50. The second-order valence-corrected chi connectivity index (χ2v) is 7.18. The molecule has 1 amide bonds. The van der Waals surface area contributed by atoms with E-state index in [0.29, 0.717) is 23.5 Å². The molecule has 140 valence electrons. The van der Waals surface area contributed by atoms with Gasteiger partial charge in [0.1, 0.15) is 0 Å². The first kappa shape index (κ1) is 17.7. The number of halogens is 1. The molecule has 1 N–H and O–H groups in total. The van der Waals surface area contributed by atoms with Crippen molar-refractivity contribution in [3.05, 3.63) is 57.6 Å². The lowest BCUT2D eigenvalue weighted by Gasteiger charge is -2.33. The molecule has 8 nitrogen and oxygen atoms in total. The van der Waals surface area contributed by atoms with Gasteiger partial charge in [-0.3, -0.25) is 9.47 Å². The highest BCUT2D eigenvalue weighted by atomic mass is 79.9. The molecule has 1 aliphatic heterocycles. The molecular formula is C18H17BrN4O4. The Labute approximate surface area is 162 Å². The predicted molar refractivity (Wildman–Crippen MR) is 102 cm³/mol. The van der Waals surface area contributed by atoms with Crippen molar-refractivity contribution < 1.29 is 14.6 Å². The van der Waals surface area contributed by atoms with Crippen molar-refractivity contribution in [3.63, 3.8) is 0 Å². The van der Waals surface area contributed by atoms with Crippen molar-refractivity contribution in [2.24, 2.45) is 0 Å². The summed E-state index contributed by atoms with van der Waals surface area (Å²) in [6.07, 6.45) is 0.626. The van der Waals surface area contributed by atoms with Crippen LogP contribution in [0.1, 0.15) is 0 Å². The number of imidazole rings is 1. The topological polar surface area (TPSA) is 89.6 Å². The van der Waals surface area contributed by atoms with Crippen molar-refractivity contribution in [1.82, 2.24) is 19.0 Å². The van der Waals surface area contributed by atoms with Gasteiger partial charge < -0.3 is 9.84 Å². The number of rotatable bonds is 3. The second-order valence-electron chi connectivity index (χ2n) is 6.27. The van der Waals surface area contributed by atoms with Gasteiger partial charge in [-0.1, -0.05) is 18.2 Å². The minimum atomic E-state index is -1.01. The van der Waals surface area contributed by atoms with Crippen molar-refractivity contribution >= 4 is 33.2 Å². The van der Waals surface area contributed by atoms with Crippen molar-refractivity contribution in [1.29, 1.82) is 0 Å². The van der Waals surface area contributed by atoms with E-state index in [1.165, 1.54) is 9.47 Å². The van der Waals surface area contributed by atoms with Crippen LogP contribution in [0, 0.1) is 0 Å². The van der Waals surface area contributed by atoms with Gasteiger partial charge in [-0.15, -0.1) is 0 Å². The Bertz CT molecular complexity index is 1050. The first-order chi connectivity index (χ1) is 13.1. The van der Waals surface area contributed by atoms with E-state index in [0.717, 1.165) is 4.47 Å². The van der Waals surface area contributed by atoms with Crippen LogP contribution in [0.15, 0.2) is 51.9 Å². The summed E-state index contributed by atoms with van der Waals surface area (Å²) in [5, 5.41) is 9.45. The number of para-hydroxylation sites is 1. The Balaban J connectivity index is 1.85. The highest BCUT2D eigenvalue weighted by molar-refractivity contribution is 9.10. The maximum atomic E-state index is 13.2. The number of nitrogens with zero attached hydrogens (tertiary/aromatic N) is 4. The van der Waals surface area contributed by atoms with Gasteiger partial charge in [0.2, 0.25) is 0 Å². The fraction of sp³-hybridized carbons (Fsp3) is 0.278. The number of carboxylic acid groups (broad SMARTS) is 1. The molecule has 0 saturated carbocycles. The Morgan fingerprint density at radius 1 is 1.33 bits per heavy atom. The van der Waals surface area contributed by atoms with Gasteiger partial charge in [0, 0.05) is 17.2 Å². The summed E-state index contributed by atoms with van der Waals surface area (Å²) >= 11 is 3.40. The summed E-state index contributed by atoms with van der Waals surface area (Å²) in [5.41, 5.74) is 1.59. The van der Waals surface area contributed by atoms with E-state index in [-0.39, 0.29) is 25.4 Å². The molecule has 1 aromatic carbocycles. The Hall–Kier alpha value is -2.65. The van der Waals surface area contributed by atoms with Gasteiger partial charge >= 0.3 is 11.8 Å². The van der Waals surface area contributed by atoms with Crippen molar-refractivity contribution in [3.8, 4) is 5.69 Å². The molecule has 0 spiro atoms. The summed E-state index contributed by atoms with van der Waals surface area (Å²) in [4.78, 5) is 30.5. The normalized spacial score (nSPS) is 17.4. The molecule has 1 unspecified atom stereocenters. The maximum absolute atomic E-state index is 13.2. The molecule has 3 aromatic rings. The van der Waals surface area contributed by atoms with Gasteiger partial charge in [-0.05, 0) is 34.1 Å². The van der Waals surface area contributed by atoms with E-state index < -0.39 is 12.1 Å². The molecule has 4 rings (SSSR count). The number of ether oxygens (including phenoxy) is 1. The summed E-state index contributed by atoms with van der Waals surface area (Å²) in [6, 6.07) is 10.6. The van der Waals surface area contributed by atoms with E-state index in [2.05, 4.69) is 20.9 Å². The average molecular weight is 433 g/mol.